The molecule has 23 heavy (non-hydrogen) atoms. The van der Waals surface area contributed by atoms with Crippen molar-refractivity contribution in [1.29, 1.82) is 0 Å². The van der Waals surface area contributed by atoms with Gasteiger partial charge in [0, 0.05) is 31.5 Å². The molecule has 1 amide bonds. The minimum absolute atomic E-state index is 0.101. The van der Waals surface area contributed by atoms with Crippen molar-refractivity contribution >= 4 is 5.91 Å². The third kappa shape index (κ3) is 3.96. The van der Waals surface area contributed by atoms with E-state index in [9.17, 15) is 4.79 Å². The first-order chi connectivity index (χ1) is 11.1. The van der Waals surface area contributed by atoms with Gasteiger partial charge in [-0.1, -0.05) is 35.0 Å². The lowest BCUT2D eigenvalue weighted by Gasteiger charge is -2.31. The average Bonchev–Trinajstić information content (AvgIpc) is 3.02. The van der Waals surface area contributed by atoms with Crippen molar-refractivity contribution in [2.75, 3.05) is 19.7 Å². The molecule has 1 aromatic carbocycles. The Hall–Kier alpha value is -2.21. The molecule has 3 rings (SSSR count). The van der Waals surface area contributed by atoms with Gasteiger partial charge in [-0.25, -0.2) is 0 Å². The maximum absolute atomic E-state index is 12.2. The molecule has 2 heterocycles. The van der Waals surface area contributed by atoms with Gasteiger partial charge in [0.25, 0.3) is 0 Å². The van der Waals surface area contributed by atoms with E-state index in [0.29, 0.717) is 44.3 Å². The molecule has 0 bridgehead atoms. The van der Waals surface area contributed by atoms with E-state index in [-0.39, 0.29) is 12.0 Å². The van der Waals surface area contributed by atoms with E-state index >= 15 is 0 Å². The summed E-state index contributed by atoms with van der Waals surface area (Å²) in [4.78, 5) is 18.4. The Labute approximate surface area is 135 Å². The largest absolute Gasteiger partial charge is 0.375 e. The van der Waals surface area contributed by atoms with E-state index < -0.39 is 0 Å². The number of morpholine rings is 1. The highest BCUT2D eigenvalue weighted by molar-refractivity contribution is 5.76. The Bertz CT molecular complexity index is 666. The van der Waals surface area contributed by atoms with Crippen LogP contribution in [0.25, 0.3) is 11.4 Å². The van der Waals surface area contributed by atoms with Crippen LogP contribution in [0.15, 0.2) is 28.8 Å². The predicted octanol–water partition coefficient (Wildman–Crippen LogP) is 2.22. The topological polar surface area (TPSA) is 68.5 Å². The van der Waals surface area contributed by atoms with Crippen molar-refractivity contribution in [2.24, 2.45) is 0 Å². The van der Waals surface area contributed by atoms with E-state index in [1.54, 1.807) is 0 Å². The Morgan fingerprint density at radius 1 is 1.35 bits per heavy atom. The molecule has 2 aromatic rings. The average molecular weight is 315 g/mol. The summed E-state index contributed by atoms with van der Waals surface area (Å²) in [5.74, 6) is 1.16. The van der Waals surface area contributed by atoms with Crippen LogP contribution in [-0.2, 0) is 16.0 Å². The van der Waals surface area contributed by atoms with Crippen LogP contribution in [0.4, 0.5) is 0 Å². The van der Waals surface area contributed by atoms with Crippen LogP contribution in [0.1, 0.15) is 24.8 Å². The molecule has 0 N–H and O–H groups in total. The van der Waals surface area contributed by atoms with Crippen LogP contribution in [0.5, 0.6) is 0 Å². The highest BCUT2D eigenvalue weighted by Crippen LogP contribution is 2.17. The van der Waals surface area contributed by atoms with Crippen LogP contribution < -0.4 is 0 Å². The van der Waals surface area contributed by atoms with Gasteiger partial charge in [-0.2, -0.15) is 4.98 Å². The quantitative estimate of drug-likeness (QED) is 0.865. The van der Waals surface area contributed by atoms with Crippen LogP contribution in [0.3, 0.4) is 0 Å². The number of ether oxygens (including phenoxy) is 1. The molecule has 122 valence electrons. The summed E-state index contributed by atoms with van der Waals surface area (Å²) >= 11 is 0. The Morgan fingerprint density at radius 2 is 2.13 bits per heavy atom. The molecule has 1 aromatic heterocycles. The van der Waals surface area contributed by atoms with Crippen molar-refractivity contribution in [3.8, 4) is 11.4 Å². The Balaban J connectivity index is 1.56. The normalized spacial score (nSPS) is 18.2. The standard InChI is InChI=1S/C17H21N3O3/c1-12-3-5-14(6-4-12)17-18-15(23-19-17)7-8-16(21)20-9-10-22-13(2)11-20/h3-6,13H,7-11H2,1-2H3/t13-/m0/s1. The molecule has 0 aliphatic carbocycles. The van der Waals surface area contributed by atoms with Crippen LogP contribution in [0, 0.1) is 6.92 Å². The van der Waals surface area contributed by atoms with Crippen molar-refractivity contribution in [2.45, 2.75) is 32.8 Å². The zero-order valence-corrected chi connectivity index (χ0v) is 13.5. The molecule has 6 nitrogen and oxygen atoms in total. The van der Waals surface area contributed by atoms with Crippen molar-refractivity contribution in [1.82, 2.24) is 15.0 Å². The minimum Gasteiger partial charge on any atom is -0.375 e. The molecule has 0 saturated carbocycles. The lowest BCUT2D eigenvalue weighted by molar-refractivity contribution is -0.138. The lowest BCUT2D eigenvalue weighted by Crippen LogP contribution is -2.44. The van der Waals surface area contributed by atoms with Gasteiger partial charge in [-0.15, -0.1) is 0 Å². The van der Waals surface area contributed by atoms with E-state index in [2.05, 4.69) is 10.1 Å². The zero-order valence-electron chi connectivity index (χ0n) is 13.5. The van der Waals surface area contributed by atoms with Gasteiger partial charge in [0.15, 0.2) is 0 Å². The van der Waals surface area contributed by atoms with E-state index in [0.717, 1.165) is 5.56 Å². The van der Waals surface area contributed by atoms with Gasteiger partial charge in [0.2, 0.25) is 17.6 Å². The molecule has 0 spiro atoms. The molecule has 1 aliphatic heterocycles. The first-order valence-electron chi connectivity index (χ1n) is 7.91. The second-order valence-electron chi connectivity index (χ2n) is 5.90. The van der Waals surface area contributed by atoms with E-state index in [1.165, 1.54) is 5.56 Å². The van der Waals surface area contributed by atoms with E-state index in [4.69, 9.17) is 9.26 Å². The second kappa shape index (κ2) is 6.91. The summed E-state index contributed by atoms with van der Waals surface area (Å²) in [6.07, 6.45) is 0.940. The first-order valence-corrected chi connectivity index (χ1v) is 7.91. The Morgan fingerprint density at radius 3 is 2.87 bits per heavy atom. The van der Waals surface area contributed by atoms with Gasteiger partial charge in [-0.3, -0.25) is 4.79 Å². The molecule has 0 unspecified atom stereocenters. The molecule has 1 saturated heterocycles. The maximum atomic E-state index is 12.2. The fraction of sp³-hybridized carbons (Fsp3) is 0.471. The van der Waals surface area contributed by atoms with Gasteiger partial charge >= 0.3 is 0 Å². The fourth-order valence-corrected chi connectivity index (χ4v) is 2.59. The summed E-state index contributed by atoms with van der Waals surface area (Å²) in [5.41, 5.74) is 2.10. The summed E-state index contributed by atoms with van der Waals surface area (Å²) in [6.45, 7) is 5.92. The zero-order chi connectivity index (χ0) is 16.2. The van der Waals surface area contributed by atoms with Crippen LogP contribution in [-0.4, -0.2) is 46.7 Å². The summed E-state index contributed by atoms with van der Waals surface area (Å²) < 4.78 is 10.7. The number of hydrogen-bond acceptors (Lipinski definition) is 5. The number of nitrogens with zero attached hydrogens (tertiary/aromatic N) is 3. The van der Waals surface area contributed by atoms with Crippen molar-refractivity contribution < 1.29 is 14.1 Å². The molecule has 1 fully saturated rings. The molecule has 6 heteroatoms. The first kappa shape index (κ1) is 15.7. The van der Waals surface area contributed by atoms with Gasteiger partial charge < -0.3 is 14.2 Å². The maximum Gasteiger partial charge on any atom is 0.227 e. The number of amides is 1. The number of aryl methyl sites for hydroxylation is 2. The lowest BCUT2D eigenvalue weighted by atomic mass is 10.1. The van der Waals surface area contributed by atoms with Crippen LogP contribution in [0.2, 0.25) is 0 Å². The monoisotopic (exact) mass is 315 g/mol. The molecule has 1 atom stereocenters. The third-order valence-electron chi connectivity index (χ3n) is 3.92. The predicted molar refractivity (Wildman–Crippen MR) is 84.8 cm³/mol. The van der Waals surface area contributed by atoms with Gasteiger partial charge in [-0.05, 0) is 13.8 Å². The minimum atomic E-state index is 0.101. The number of carbonyl (C=O) groups is 1. The Kier molecular flexibility index (Phi) is 4.71. The van der Waals surface area contributed by atoms with Crippen molar-refractivity contribution in [3.05, 3.63) is 35.7 Å². The molecular formula is C17H21N3O3. The van der Waals surface area contributed by atoms with Crippen molar-refractivity contribution in [3.63, 3.8) is 0 Å². The summed E-state index contributed by atoms with van der Waals surface area (Å²) in [6, 6.07) is 7.94. The van der Waals surface area contributed by atoms with E-state index in [1.807, 2.05) is 43.0 Å². The molecular weight excluding hydrogens is 294 g/mol. The van der Waals surface area contributed by atoms with Crippen LogP contribution >= 0.6 is 0 Å². The third-order valence-corrected chi connectivity index (χ3v) is 3.92. The summed E-state index contributed by atoms with van der Waals surface area (Å²) in [5, 5.41) is 3.99. The number of hydrogen-bond donors (Lipinski definition) is 0. The smallest absolute Gasteiger partial charge is 0.227 e. The highest BCUT2D eigenvalue weighted by Gasteiger charge is 2.21. The number of benzene rings is 1. The fourth-order valence-electron chi connectivity index (χ4n) is 2.59. The SMILES string of the molecule is Cc1ccc(-c2noc(CCC(=O)N3CCO[C@@H](C)C3)n2)cc1. The number of aromatic nitrogens is 2. The highest BCUT2D eigenvalue weighted by atomic mass is 16.5. The van der Waals surface area contributed by atoms with Gasteiger partial charge in [0.1, 0.15) is 0 Å². The molecule has 1 aliphatic rings. The second-order valence-corrected chi connectivity index (χ2v) is 5.90. The van der Waals surface area contributed by atoms with Gasteiger partial charge in [0.05, 0.1) is 12.7 Å². The number of carbonyl (C=O) groups excluding carboxylic acids is 1. The number of rotatable bonds is 4. The molecule has 0 radical (unpaired) electrons. The summed E-state index contributed by atoms with van der Waals surface area (Å²) in [7, 11) is 0.